The van der Waals surface area contributed by atoms with Crippen molar-refractivity contribution < 1.29 is 21.9 Å². The zero-order chi connectivity index (χ0) is 28.6. The van der Waals surface area contributed by atoms with Gasteiger partial charge in [0.25, 0.3) is 16.0 Å². The minimum Gasteiger partial charge on any atom is -0.355 e. The lowest BCUT2D eigenvalue weighted by Crippen LogP contribution is -2.47. The van der Waals surface area contributed by atoms with E-state index in [9.17, 15) is 18.5 Å². The second-order valence-electron chi connectivity index (χ2n) is 9.89. The first-order valence-electron chi connectivity index (χ1n) is 12.7. The standard InChI is InChI=1S/C27H28ClN5O5S2/c1-16(2)32-10-8-17(9-11-32)30-27(34)26-21(14-29)20-13-19(40(35,36)37-3)4-5-22(20)33(26)15-18-12-23(38-31-18)24-6-7-25(28)39-24/h4-7,12-13,16-17H,8-11,15H2,1-3H3,(H,30,34). The van der Waals surface area contributed by atoms with Crippen LogP contribution in [-0.4, -0.2) is 61.2 Å². The third-order valence-electron chi connectivity index (χ3n) is 7.16. The Balaban J connectivity index is 1.55. The maximum atomic E-state index is 13.8. The third-order valence-corrected chi connectivity index (χ3v) is 9.68. The summed E-state index contributed by atoms with van der Waals surface area (Å²) in [5.74, 6) is 0.126. The summed E-state index contributed by atoms with van der Waals surface area (Å²) in [4.78, 5) is 16.8. The van der Waals surface area contributed by atoms with Crippen LogP contribution < -0.4 is 5.32 Å². The maximum Gasteiger partial charge on any atom is 0.296 e. The first-order valence-corrected chi connectivity index (χ1v) is 15.3. The molecule has 1 amide bonds. The lowest BCUT2D eigenvalue weighted by atomic mass is 10.0. The SMILES string of the molecule is COS(=O)(=O)c1ccc2c(c1)c(C#N)c(C(=O)NC1CCN(C(C)C)CC1)n2Cc1cc(-c2ccc(Cl)s2)on1. The van der Waals surface area contributed by atoms with E-state index in [4.69, 9.17) is 16.1 Å². The lowest BCUT2D eigenvalue weighted by Gasteiger charge is -2.34. The van der Waals surface area contributed by atoms with Gasteiger partial charge in [-0.1, -0.05) is 16.8 Å². The molecular formula is C27H28ClN5O5S2. The summed E-state index contributed by atoms with van der Waals surface area (Å²) in [6, 6.07) is 12.2. The van der Waals surface area contributed by atoms with Gasteiger partial charge in [0.1, 0.15) is 17.5 Å². The normalized spacial score (nSPS) is 15.1. The average molecular weight is 602 g/mol. The number of hydrogen-bond donors (Lipinski definition) is 1. The van der Waals surface area contributed by atoms with Crippen molar-refractivity contribution >= 4 is 49.9 Å². The van der Waals surface area contributed by atoms with Crippen LogP contribution in [0, 0.1) is 11.3 Å². The number of likely N-dealkylation sites (tertiary alicyclic amines) is 1. The van der Waals surface area contributed by atoms with Gasteiger partial charge in [-0.05, 0) is 57.0 Å². The van der Waals surface area contributed by atoms with E-state index in [0.29, 0.717) is 32.7 Å². The van der Waals surface area contributed by atoms with Gasteiger partial charge in [0, 0.05) is 36.6 Å². The Hall–Kier alpha value is -3.21. The first kappa shape index (κ1) is 28.3. The molecule has 1 saturated heterocycles. The molecule has 3 aromatic heterocycles. The van der Waals surface area contributed by atoms with E-state index in [1.165, 1.54) is 23.5 Å². The van der Waals surface area contributed by atoms with E-state index in [1.54, 1.807) is 22.8 Å². The molecule has 1 aliphatic heterocycles. The number of fused-ring (bicyclic) bond motifs is 1. The van der Waals surface area contributed by atoms with Gasteiger partial charge in [-0.25, -0.2) is 0 Å². The number of nitriles is 1. The van der Waals surface area contributed by atoms with Crippen molar-refractivity contribution in [3.05, 3.63) is 57.7 Å². The molecule has 210 valence electrons. The van der Waals surface area contributed by atoms with Crippen LogP contribution >= 0.6 is 22.9 Å². The highest BCUT2D eigenvalue weighted by atomic mass is 35.5. The van der Waals surface area contributed by atoms with Crippen molar-refractivity contribution in [3.63, 3.8) is 0 Å². The van der Waals surface area contributed by atoms with Crippen LogP contribution in [0.25, 0.3) is 21.5 Å². The van der Waals surface area contributed by atoms with Crippen molar-refractivity contribution in [2.45, 2.75) is 50.2 Å². The smallest absolute Gasteiger partial charge is 0.296 e. The molecule has 0 bridgehead atoms. The number of benzene rings is 1. The molecule has 5 rings (SSSR count). The number of aromatic nitrogens is 2. The van der Waals surface area contributed by atoms with Crippen LogP contribution in [-0.2, 0) is 20.8 Å². The highest BCUT2D eigenvalue weighted by Crippen LogP contribution is 2.33. The Morgan fingerprint density at radius 1 is 1.27 bits per heavy atom. The molecule has 0 radical (unpaired) electrons. The van der Waals surface area contributed by atoms with E-state index < -0.39 is 16.0 Å². The number of nitrogens with zero attached hydrogens (tertiary/aromatic N) is 4. The fourth-order valence-electron chi connectivity index (χ4n) is 5.02. The molecule has 4 heterocycles. The maximum absolute atomic E-state index is 13.8. The first-order chi connectivity index (χ1) is 19.1. The highest BCUT2D eigenvalue weighted by molar-refractivity contribution is 7.86. The molecule has 1 N–H and O–H groups in total. The van der Waals surface area contributed by atoms with Gasteiger partial charge in [-0.3, -0.25) is 8.98 Å². The molecule has 40 heavy (non-hydrogen) atoms. The molecule has 1 aromatic carbocycles. The average Bonchev–Trinajstić information content (AvgIpc) is 3.66. The van der Waals surface area contributed by atoms with Crippen molar-refractivity contribution in [1.82, 2.24) is 19.9 Å². The number of amides is 1. The van der Waals surface area contributed by atoms with Crippen LogP contribution in [0.4, 0.5) is 0 Å². The monoisotopic (exact) mass is 601 g/mol. The Kier molecular flexibility index (Phi) is 8.03. The zero-order valence-electron chi connectivity index (χ0n) is 22.2. The molecule has 1 fully saturated rings. The van der Waals surface area contributed by atoms with E-state index >= 15 is 0 Å². The molecule has 0 spiro atoms. The van der Waals surface area contributed by atoms with Crippen LogP contribution in [0.15, 0.2) is 45.8 Å². The van der Waals surface area contributed by atoms with Crippen molar-refractivity contribution in [3.8, 4) is 16.7 Å². The molecule has 13 heteroatoms. The van der Waals surface area contributed by atoms with E-state index in [1.807, 2.05) is 6.07 Å². The lowest BCUT2D eigenvalue weighted by molar-refractivity contribution is 0.0892. The predicted molar refractivity (Wildman–Crippen MR) is 152 cm³/mol. The Labute approximate surface area is 241 Å². The Morgan fingerprint density at radius 2 is 2.02 bits per heavy atom. The molecule has 0 atom stereocenters. The summed E-state index contributed by atoms with van der Waals surface area (Å²) in [6.45, 7) is 6.15. The fraction of sp³-hybridized carbons (Fsp3) is 0.370. The molecule has 0 aliphatic carbocycles. The van der Waals surface area contributed by atoms with Crippen LogP contribution in [0.2, 0.25) is 4.34 Å². The van der Waals surface area contributed by atoms with Gasteiger partial charge < -0.3 is 19.3 Å². The summed E-state index contributed by atoms with van der Waals surface area (Å²) in [7, 11) is -2.95. The van der Waals surface area contributed by atoms with Gasteiger partial charge in [-0.2, -0.15) is 13.7 Å². The summed E-state index contributed by atoms with van der Waals surface area (Å²) < 4.78 is 37.3. The number of carbonyl (C=O) groups excluding carboxylic acids is 1. The van der Waals surface area contributed by atoms with Crippen molar-refractivity contribution in [2.75, 3.05) is 20.2 Å². The number of piperidine rings is 1. The summed E-state index contributed by atoms with van der Waals surface area (Å²) in [6.07, 6.45) is 1.58. The number of rotatable bonds is 8. The third kappa shape index (κ3) is 5.53. The van der Waals surface area contributed by atoms with Gasteiger partial charge in [0.15, 0.2) is 5.76 Å². The van der Waals surface area contributed by atoms with Crippen molar-refractivity contribution in [1.29, 1.82) is 5.26 Å². The minimum atomic E-state index is -4.02. The minimum absolute atomic E-state index is 0.0489. The predicted octanol–water partition coefficient (Wildman–Crippen LogP) is 4.87. The van der Waals surface area contributed by atoms with Gasteiger partial charge in [-0.15, -0.1) is 11.3 Å². The second-order valence-corrected chi connectivity index (χ2v) is 13.3. The van der Waals surface area contributed by atoms with Gasteiger partial charge in [0.2, 0.25) is 0 Å². The molecule has 0 unspecified atom stereocenters. The summed E-state index contributed by atoms with van der Waals surface area (Å²) in [5, 5.41) is 17.8. The quantitative estimate of drug-likeness (QED) is 0.283. The Bertz CT molecular complexity index is 1710. The van der Waals surface area contributed by atoms with Gasteiger partial charge >= 0.3 is 0 Å². The van der Waals surface area contributed by atoms with Crippen molar-refractivity contribution in [2.24, 2.45) is 0 Å². The molecule has 1 aliphatic rings. The van der Waals surface area contributed by atoms with E-state index in [2.05, 4.69) is 39.5 Å². The van der Waals surface area contributed by atoms with Crippen LogP contribution in [0.5, 0.6) is 0 Å². The molecule has 4 aromatic rings. The highest BCUT2D eigenvalue weighted by Gasteiger charge is 2.29. The van der Waals surface area contributed by atoms with Crippen LogP contribution in [0.1, 0.15) is 48.4 Å². The van der Waals surface area contributed by atoms with E-state index in [0.717, 1.165) is 37.9 Å². The molecule has 10 nitrogen and oxygen atoms in total. The number of hydrogen-bond acceptors (Lipinski definition) is 9. The number of halogens is 1. The zero-order valence-corrected chi connectivity index (χ0v) is 24.6. The summed E-state index contributed by atoms with van der Waals surface area (Å²) >= 11 is 7.42. The van der Waals surface area contributed by atoms with E-state index in [-0.39, 0.29) is 28.7 Å². The number of carbonyl (C=O) groups is 1. The molecule has 0 saturated carbocycles. The van der Waals surface area contributed by atoms with Crippen LogP contribution in [0.3, 0.4) is 0 Å². The molecular weight excluding hydrogens is 574 g/mol. The number of nitrogens with one attached hydrogen (secondary N) is 1. The second kappa shape index (κ2) is 11.3. The Morgan fingerprint density at radius 3 is 2.65 bits per heavy atom. The fourth-order valence-corrected chi connectivity index (χ4v) is 6.70. The summed E-state index contributed by atoms with van der Waals surface area (Å²) in [5.41, 5.74) is 1.25. The number of thiophene rings is 1. The topological polar surface area (TPSA) is 130 Å². The van der Waals surface area contributed by atoms with Gasteiger partial charge in [0.05, 0.1) is 38.8 Å². The largest absolute Gasteiger partial charge is 0.355 e.